The maximum Gasteiger partial charge on any atom is 0.250 e. The molecule has 2 aromatic carbocycles. The fraction of sp³-hybridized carbons (Fsp3) is 0.136. The second-order valence-electron chi connectivity index (χ2n) is 6.78. The lowest BCUT2D eigenvalue weighted by atomic mass is 10.1. The lowest BCUT2D eigenvalue weighted by molar-refractivity contribution is 0.100. The molecule has 1 atom stereocenters. The van der Waals surface area contributed by atoms with E-state index in [0.717, 1.165) is 22.2 Å². The fourth-order valence-electron chi connectivity index (χ4n) is 3.19. The van der Waals surface area contributed by atoms with Crippen molar-refractivity contribution in [3.63, 3.8) is 0 Å². The van der Waals surface area contributed by atoms with Crippen molar-refractivity contribution < 1.29 is 9.90 Å². The average Bonchev–Trinajstić information content (AvgIpc) is 3.19. The van der Waals surface area contributed by atoms with Crippen LogP contribution in [0.15, 0.2) is 73.2 Å². The Balaban J connectivity index is 1.42. The number of carbonyl (C=O) groups is 1. The summed E-state index contributed by atoms with van der Waals surface area (Å²) in [6.45, 7) is 1.07. The molecule has 0 aliphatic heterocycles. The smallest absolute Gasteiger partial charge is 0.250 e. The first-order chi connectivity index (χ1) is 14.1. The number of carbonyl (C=O) groups excluding carboxylic acids is 1. The van der Waals surface area contributed by atoms with Gasteiger partial charge in [0.05, 0.1) is 17.4 Å². The summed E-state index contributed by atoms with van der Waals surface area (Å²) in [5, 5.41) is 18.8. The Kier molecular flexibility index (Phi) is 5.33. The van der Waals surface area contributed by atoms with Crippen molar-refractivity contribution in [1.82, 2.24) is 20.1 Å². The largest absolute Gasteiger partial charge is 0.387 e. The van der Waals surface area contributed by atoms with Gasteiger partial charge in [-0.3, -0.25) is 9.78 Å². The number of hydrogen-bond acceptors (Lipinski definition) is 5. The molecule has 0 spiro atoms. The Labute approximate surface area is 167 Å². The van der Waals surface area contributed by atoms with Crippen LogP contribution in [0.25, 0.3) is 16.6 Å². The number of fused-ring (bicyclic) bond motifs is 1. The monoisotopic (exact) mass is 387 g/mol. The first-order valence-corrected chi connectivity index (χ1v) is 9.28. The standard InChI is InChI=1S/C22H21N5O2/c23-22(29)19-5-1-3-17-14-27(26-21(17)19)18-8-6-15(7-9-18)11-25-13-20(28)16-4-2-10-24-12-16/h1-10,12,14,20,25,28H,11,13H2,(H2,23,29). The number of nitrogens with zero attached hydrogens (tertiary/aromatic N) is 3. The lowest BCUT2D eigenvalue weighted by Crippen LogP contribution is -2.21. The maximum atomic E-state index is 11.6. The molecule has 29 heavy (non-hydrogen) atoms. The van der Waals surface area contributed by atoms with Crippen LogP contribution in [0, 0.1) is 0 Å². The highest BCUT2D eigenvalue weighted by atomic mass is 16.3. The number of pyridine rings is 1. The van der Waals surface area contributed by atoms with Crippen LogP contribution in [0.4, 0.5) is 0 Å². The van der Waals surface area contributed by atoms with Crippen LogP contribution in [0.5, 0.6) is 0 Å². The van der Waals surface area contributed by atoms with E-state index in [2.05, 4.69) is 15.4 Å². The summed E-state index contributed by atoms with van der Waals surface area (Å²) in [4.78, 5) is 15.6. The van der Waals surface area contributed by atoms with Crippen molar-refractivity contribution >= 4 is 16.8 Å². The van der Waals surface area contributed by atoms with E-state index >= 15 is 0 Å². The Morgan fingerprint density at radius 3 is 2.69 bits per heavy atom. The molecule has 7 nitrogen and oxygen atoms in total. The zero-order valence-corrected chi connectivity index (χ0v) is 15.7. The summed E-state index contributed by atoms with van der Waals surface area (Å²) in [6, 6.07) is 17.0. The van der Waals surface area contributed by atoms with Crippen molar-refractivity contribution in [2.24, 2.45) is 5.73 Å². The highest BCUT2D eigenvalue weighted by Crippen LogP contribution is 2.19. The SMILES string of the molecule is NC(=O)c1cccc2cn(-c3ccc(CNCC(O)c4cccnc4)cc3)nc12. The number of primary amides is 1. The van der Waals surface area contributed by atoms with Crippen LogP contribution >= 0.6 is 0 Å². The number of nitrogens with one attached hydrogen (secondary N) is 1. The molecule has 0 radical (unpaired) electrons. The number of rotatable bonds is 7. The van der Waals surface area contributed by atoms with Crippen LogP contribution in [-0.4, -0.2) is 32.3 Å². The zero-order chi connectivity index (χ0) is 20.2. The van der Waals surface area contributed by atoms with Gasteiger partial charge in [-0.2, -0.15) is 5.10 Å². The van der Waals surface area contributed by atoms with E-state index < -0.39 is 12.0 Å². The van der Waals surface area contributed by atoms with Gasteiger partial charge in [-0.25, -0.2) is 4.68 Å². The Bertz CT molecular complexity index is 1120. The van der Waals surface area contributed by atoms with Gasteiger partial charge in [0.2, 0.25) is 0 Å². The molecule has 0 aliphatic carbocycles. The first kappa shape index (κ1) is 18.8. The summed E-state index contributed by atoms with van der Waals surface area (Å²) in [5.41, 5.74) is 9.20. The Morgan fingerprint density at radius 1 is 1.14 bits per heavy atom. The third-order valence-electron chi connectivity index (χ3n) is 4.74. The van der Waals surface area contributed by atoms with Gasteiger partial charge in [0.1, 0.15) is 5.52 Å². The van der Waals surface area contributed by atoms with E-state index in [1.54, 1.807) is 29.2 Å². The van der Waals surface area contributed by atoms with Crippen LogP contribution in [-0.2, 0) is 6.54 Å². The number of nitrogens with two attached hydrogens (primary N) is 1. The molecule has 0 bridgehead atoms. The molecule has 4 aromatic rings. The van der Waals surface area contributed by atoms with Crippen molar-refractivity contribution in [1.29, 1.82) is 0 Å². The van der Waals surface area contributed by atoms with Gasteiger partial charge in [0.15, 0.2) is 0 Å². The zero-order valence-electron chi connectivity index (χ0n) is 15.7. The molecule has 0 aliphatic rings. The molecular formula is C22H21N5O2. The number of hydrogen-bond donors (Lipinski definition) is 3. The van der Waals surface area contributed by atoms with E-state index in [1.165, 1.54) is 0 Å². The molecule has 0 fully saturated rings. The minimum Gasteiger partial charge on any atom is -0.387 e. The number of aliphatic hydroxyl groups excluding tert-OH is 1. The summed E-state index contributed by atoms with van der Waals surface area (Å²) in [7, 11) is 0. The van der Waals surface area contributed by atoms with Crippen LogP contribution < -0.4 is 11.1 Å². The molecule has 1 amide bonds. The molecule has 2 heterocycles. The van der Waals surface area contributed by atoms with Crippen molar-refractivity contribution in [3.8, 4) is 5.69 Å². The third-order valence-corrected chi connectivity index (χ3v) is 4.74. The van der Waals surface area contributed by atoms with E-state index in [1.807, 2.05) is 48.7 Å². The Hall–Kier alpha value is -3.55. The lowest BCUT2D eigenvalue weighted by Gasteiger charge is -2.12. The molecule has 146 valence electrons. The summed E-state index contributed by atoms with van der Waals surface area (Å²) < 4.78 is 1.74. The minimum absolute atomic E-state index is 0.411. The van der Waals surface area contributed by atoms with Gasteiger partial charge in [-0.15, -0.1) is 0 Å². The predicted octanol–water partition coefficient (Wildman–Crippen LogP) is 2.34. The summed E-state index contributed by atoms with van der Waals surface area (Å²) in [6.07, 6.45) is 4.62. The van der Waals surface area contributed by atoms with Crippen LogP contribution in [0.3, 0.4) is 0 Å². The van der Waals surface area contributed by atoms with E-state index in [-0.39, 0.29) is 0 Å². The third kappa shape index (κ3) is 4.16. The molecular weight excluding hydrogens is 366 g/mol. The average molecular weight is 387 g/mol. The molecule has 2 aromatic heterocycles. The van der Waals surface area contributed by atoms with Crippen molar-refractivity contribution in [3.05, 3.63) is 89.9 Å². The Morgan fingerprint density at radius 2 is 1.97 bits per heavy atom. The second-order valence-corrected chi connectivity index (χ2v) is 6.78. The molecule has 0 saturated carbocycles. The van der Waals surface area contributed by atoms with E-state index in [9.17, 15) is 9.90 Å². The quantitative estimate of drug-likeness (QED) is 0.451. The van der Waals surface area contributed by atoms with Gasteiger partial charge in [-0.1, -0.05) is 30.3 Å². The van der Waals surface area contributed by atoms with Gasteiger partial charge < -0.3 is 16.2 Å². The number of benzene rings is 2. The topological polar surface area (TPSA) is 106 Å². The fourth-order valence-corrected chi connectivity index (χ4v) is 3.19. The normalized spacial score (nSPS) is 12.2. The number of aromatic nitrogens is 3. The number of amides is 1. The maximum absolute atomic E-state index is 11.6. The molecule has 4 rings (SSSR count). The van der Waals surface area contributed by atoms with Crippen LogP contribution in [0.1, 0.15) is 27.6 Å². The van der Waals surface area contributed by atoms with Crippen LogP contribution in [0.2, 0.25) is 0 Å². The molecule has 1 unspecified atom stereocenters. The van der Waals surface area contributed by atoms with E-state index in [4.69, 9.17) is 5.73 Å². The van der Waals surface area contributed by atoms with Gasteiger partial charge >= 0.3 is 0 Å². The van der Waals surface area contributed by atoms with E-state index in [0.29, 0.717) is 24.2 Å². The van der Waals surface area contributed by atoms with Gasteiger partial charge in [0, 0.05) is 42.6 Å². The minimum atomic E-state index is -0.598. The van der Waals surface area contributed by atoms with Gasteiger partial charge in [-0.05, 0) is 29.8 Å². The second kappa shape index (κ2) is 8.22. The summed E-state index contributed by atoms with van der Waals surface area (Å²) in [5.74, 6) is -0.490. The molecule has 0 saturated heterocycles. The van der Waals surface area contributed by atoms with Gasteiger partial charge in [0.25, 0.3) is 5.91 Å². The highest BCUT2D eigenvalue weighted by molar-refractivity contribution is 6.04. The predicted molar refractivity (Wildman–Crippen MR) is 110 cm³/mol. The first-order valence-electron chi connectivity index (χ1n) is 9.28. The number of aliphatic hydroxyl groups is 1. The van der Waals surface area contributed by atoms with Crippen molar-refractivity contribution in [2.75, 3.05) is 6.54 Å². The highest BCUT2D eigenvalue weighted by Gasteiger charge is 2.11. The summed E-state index contributed by atoms with van der Waals surface area (Å²) >= 11 is 0. The molecule has 4 N–H and O–H groups in total. The molecule has 7 heteroatoms. The van der Waals surface area contributed by atoms with Crippen molar-refractivity contribution in [2.45, 2.75) is 12.6 Å².